The van der Waals surface area contributed by atoms with Gasteiger partial charge in [-0.25, -0.2) is 0 Å². The Hall–Kier alpha value is -2.68. The summed E-state index contributed by atoms with van der Waals surface area (Å²) in [5, 5.41) is 23.6. The van der Waals surface area contributed by atoms with Crippen LogP contribution in [0.15, 0.2) is 24.3 Å². The lowest BCUT2D eigenvalue weighted by molar-refractivity contribution is -0.138. The second-order valence-electron chi connectivity index (χ2n) is 4.61. The zero-order chi connectivity index (χ0) is 15.9. The largest absolute Gasteiger partial charge is 0.497 e. The summed E-state index contributed by atoms with van der Waals surface area (Å²) in [6, 6.07) is 6.40. The summed E-state index contributed by atoms with van der Waals surface area (Å²) in [6.07, 6.45) is 0.986. The average molecular weight is 306 g/mol. The molecule has 0 bridgehead atoms. The summed E-state index contributed by atoms with van der Waals surface area (Å²) in [4.78, 5) is 12.0. The van der Waals surface area contributed by atoms with Gasteiger partial charge in [0.25, 0.3) is 5.95 Å². The summed E-state index contributed by atoms with van der Waals surface area (Å²) in [6.45, 7) is 0.523. The van der Waals surface area contributed by atoms with Crippen LogP contribution in [-0.4, -0.2) is 51.0 Å². The van der Waals surface area contributed by atoms with Crippen LogP contribution < -0.4 is 15.8 Å². The van der Waals surface area contributed by atoms with Crippen molar-refractivity contribution in [3.8, 4) is 11.4 Å². The van der Waals surface area contributed by atoms with Gasteiger partial charge in [0.15, 0.2) is 0 Å². The van der Waals surface area contributed by atoms with Gasteiger partial charge < -0.3 is 20.9 Å². The number of carbonyl (C=O) groups is 1. The van der Waals surface area contributed by atoms with E-state index in [0.717, 1.165) is 11.4 Å². The van der Waals surface area contributed by atoms with E-state index < -0.39 is 12.0 Å². The maximum Gasteiger partial charge on any atom is 0.320 e. The van der Waals surface area contributed by atoms with E-state index in [-0.39, 0.29) is 0 Å². The molecule has 1 aromatic carbocycles. The van der Waals surface area contributed by atoms with Gasteiger partial charge in [0.2, 0.25) is 0 Å². The number of nitrogens with two attached hydrogens (primary N) is 1. The van der Waals surface area contributed by atoms with E-state index in [1.807, 2.05) is 12.1 Å². The molecule has 2 aromatic rings. The van der Waals surface area contributed by atoms with Crippen LogP contribution in [0, 0.1) is 0 Å². The molecule has 0 fully saturated rings. The molecule has 22 heavy (non-hydrogen) atoms. The Morgan fingerprint density at radius 3 is 2.82 bits per heavy atom. The number of benzene rings is 1. The Balaban J connectivity index is 1.84. The lowest BCUT2D eigenvalue weighted by atomic mass is 10.2. The third-order valence-electron chi connectivity index (χ3n) is 3.01. The number of nitrogens with one attached hydrogen (secondary N) is 1. The molecule has 1 unspecified atom stereocenters. The molecule has 0 saturated carbocycles. The number of methoxy groups -OCH3 is 1. The van der Waals surface area contributed by atoms with E-state index in [1.54, 1.807) is 19.2 Å². The molecule has 9 heteroatoms. The number of carboxylic acids is 1. The fourth-order valence-electron chi connectivity index (χ4n) is 1.76. The zero-order valence-electron chi connectivity index (χ0n) is 12.1. The number of nitrogens with zero attached hydrogens (tertiary/aromatic N) is 4. The SMILES string of the molecule is COc1ccc(-n2nnc(NCCCC(N)C(=O)O)n2)cc1. The normalized spacial score (nSPS) is 11.9. The molecule has 0 spiro atoms. The minimum atomic E-state index is -0.997. The smallest absolute Gasteiger partial charge is 0.320 e. The highest BCUT2D eigenvalue weighted by Crippen LogP contribution is 2.13. The average Bonchev–Trinajstić information content (AvgIpc) is 3.00. The van der Waals surface area contributed by atoms with Crippen LogP contribution in [0.3, 0.4) is 0 Å². The second kappa shape index (κ2) is 7.36. The summed E-state index contributed by atoms with van der Waals surface area (Å²) in [5.74, 6) is 0.125. The van der Waals surface area contributed by atoms with Crippen molar-refractivity contribution in [2.24, 2.45) is 5.73 Å². The van der Waals surface area contributed by atoms with Crippen molar-refractivity contribution in [1.29, 1.82) is 0 Å². The fraction of sp³-hybridized carbons (Fsp3) is 0.385. The van der Waals surface area contributed by atoms with Crippen molar-refractivity contribution in [2.75, 3.05) is 19.0 Å². The number of aliphatic carboxylic acids is 1. The first-order valence-corrected chi connectivity index (χ1v) is 6.77. The summed E-state index contributed by atoms with van der Waals surface area (Å²) in [7, 11) is 1.60. The van der Waals surface area contributed by atoms with Crippen LogP contribution in [-0.2, 0) is 4.79 Å². The highest BCUT2D eigenvalue weighted by molar-refractivity contribution is 5.72. The first-order chi connectivity index (χ1) is 10.6. The Bertz CT molecular complexity index is 612. The van der Waals surface area contributed by atoms with Gasteiger partial charge in [0, 0.05) is 6.54 Å². The van der Waals surface area contributed by atoms with Gasteiger partial charge >= 0.3 is 5.97 Å². The van der Waals surface area contributed by atoms with E-state index >= 15 is 0 Å². The van der Waals surface area contributed by atoms with Crippen molar-refractivity contribution in [1.82, 2.24) is 20.2 Å². The quantitative estimate of drug-likeness (QED) is 0.593. The molecule has 9 nitrogen and oxygen atoms in total. The summed E-state index contributed by atoms with van der Waals surface area (Å²) < 4.78 is 5.08. The van der Waals surface area contributed by atoms with Gasteiger partial charge in [-0.05, 0) is 42.3 Å². The molecule has 2 rings (SSSR count). The molecule has 4 N–H and O–H groups in total. The Labute approximate surface area is 127 Å². The Kier molecular flexibility index (Phi) is 5.26. The number of hydrogen-bond acceptors (Lipinski definition) is 7. The van der Waals surface area contributed by atoms with Crippen molar-refractivity contribution in [2.45, 2.75) is 18.9 Å². The van der Waals surface area contributed by atoms with Crippen LogP contribution in [0.2, 0.25) is 0 Å². The number of aromatic nitrogens is 4. The molecular weight excluding hydrogens is 288 g/mol. The lowest BCUT2D eigenvalue weighted by Gasteiger charge is -2.05. The molecule has 0 aliphatic heterocycles. The molecule has 0 saturated heterocycles. The van der Waals surface area contributed by atoms with E-state index in [0.29, 0.717) is 25.3 Å². The minimum absolute atomic E-state index is 0.375. The number of ether oxygens (including phenoxy) is 1. The third-order valence-corrected chi connectivity index (χ3v) is 3.01. The molecule has 0 aliphatic rings. The minimum Gasteiger partial charge on any atom is -0.497 e. The lowest BCUT2D eigenvalue weighted by Crippen LogP contribution is -2.30. The molecular formula is C13H18N6O3. The topological polar surface area (TPSA) is 128 Å². The van der Waals surface area contributed by atoms with Crippen LogP contribution >= 0.6 is 0 Å². The van der Waals surface area contributed by atoms with E-state index in [4.69, 9.17) is 15.6 Å². The number of carboxylic acid groups (broad SMARTS) is 1. The van der Waals surface area contributed by atoms with Crippen LogP contribution in [0.4, 0.5) is 5.95 Å². The third kappa shape index (κ3) is 4.16. The van der Waals surface area contributed by atoms with Crippen LogP contribution in [0.25, 0.3) is 5.69 Å². The molecule has 0 amide bonds. The predicted molar refractivity (Wildman–Crippen MR) is 79.0 cm³/mol. The van der Waals surface area contributed by atoms with Crippen LogP contribution in [0.1, 0.15) is 12.8 Å². The monoisotopic (exact) mass is 306 g/mol. The number of anilines is 1. The van der Waals surface area contributed by atoms with Gasteiger partial charge in [0.1, 0.15) is 11.8 Å². The number of hydrogen-bond donors (Lipinski definition) is 3. The highest BCUT2D eigenvalue weighted by Gasteiger charge is 2.10. The van der Waals surface area contributed by atoms with Crippen molar-refractivity contribution in [3.05, 3.63) is 24.3 Å². The van der Waals surface area contributed by atoms with Gasteiger partial charge in [-0.3, -0.25) is 4.79 Å². The van der Waals surface area contributed by atoms with Crippen LogP contribution in [0.5, 0.6) is 5.75 Å². The maximum atomic E-state index is 10.6. The first kappa shape index (κ1) is 15.7. The Morgan fingerprint density at radius 2 is 2.18 bits per heavy atom. The first-order valence-electron chi connectivity index (χ1n) is 6.77. The molecule has 1 atom stereocenters. The van der Waals surface area contributed by atoms with Gasteiger partial charge in [-0.1, -0.05) is 5.10 Å². The number of rotatable bonds is 8. The molecule has 0 aliphatic carbocycles. The fourth-order valence-corrected chi connectivity index (χ4v) is 1.76. The maximum absolute atomic E-state index is 10.6. The Morgan fingerprint density at radius 1 is 1.45 bits per heavy atom. The van der Waals surface area contributed by atoms with E-state index in [2.05, 4.69) is 20.7 Å². The molecule has 1 aromatic heterocycles. The molecule has 1 heterocycles. The molecule has 118 valence electrons. The van der Waals surface area contributed by atoms with Gasteiger partial charge in [-0.15, -0.1) is 9.90 Å². The summed E-state index contributed by atoms with van der Waals surface area (Å²) >= 11 is 0. The second-order valence-corrected chi connectivity index (χ2v) is 4.61. The molecule has 0 radical (unpaired) electrons. The van der Waals surface area contributed by atoms with E-state index in [1.165, 1.54) is 4.80 Å². The number of tetrazole rings is 1. The van der Waals surface area contributed by atoms with E-state index in [9.17, 15) is 4.79 Å². The van der Waals surface area contributed by atoms with Gasteiger partial charge in [0.05, 0.1) is 12.8 Å². The predicted octanol–water partition coefficient (Wildman–Crippen LogP) is 0.275. The summed E-state index contributed by atoms with van der Waals surface area (Å²) in [5.41, 5.74) is 6.17. The van der Waals surface area contributed by atoms with Crippen molar-refractivity contribution in [3.63, 3.8) is 0 Å². The van der Waals surface area contributed by atoms with Crippen molar-refractivity contribution < 1.29 is 14.6 Å². The van der Waals surface area contributed by atoms with Crippen molar-refractivity contribution >= 4 is 11.9 Å². The standard InChI is InChI=1S/C13H18N6O3/c1-22-10-6-4-9(5-7-10)19-17-13(16-18-19)15-8-2-3-11(14)12(20)21/h4-7,11H,2-3,8,14H2,1H3,(H,15,17)(H,20,21). The zero-order valence-corrected chi connectivity index (χ0v) is 12.1. The van der Waals surface area contributed by atoms with Gasteiger partial charge in [-0.2, -0.15) is 0 Å². The highest BCUT2D eigenvalue weighted by atomic mass is 16.5.